The maximum Gasteiger partial charge on any atom is 0.326 e. The van der Waals surface area contributed by atoms with Crippen molar-refractivity contribution in [3.8, 4) is 11.3 Å². The molecule has 0 aliphatic carbocycles. The molecule has 3 amide bonds. The summed E-state index contributed by atoms with van der Waals surface area (Å²) in [5, 5.41) is 0. The first-order valence-electron chi connectivity index (χ1n) is 8.26. The average molecular weight is 357 g/mol. The molecule has 0 unspecified atom stereocenters. The largest absolute Gasteiger partial charge is 0.456 e. The van der Waals surface area contributed by atoms with Crippen LogP contribution in [0.25, 0.3) is 11.3 Å². The van der Waals surface area contributed by atoms with Gasteiger partial charge in [0.2, 0.25) is 11.8 Å². The van der Waals surface area contributed by atoms with E-state index in [9.17, 15) is 14.4 Å². The number of carbonyl (C=O) groups is 3. The molecule has 0 spiro atoms. The Balaban J connectivity index is 1.41. The maximum atomic E-state index is 11.8. The zero-order valence-electron chi connectivity index (χ0n) is 14.4. The summed E-state index contributed by atoms with van der Waals surface area (Å²) in [4.78, 5) is 41.7. The fourth-order valence-corrected chi connectivity index (χ4v) is 2.60. The molecule has 1 aromatic carbocycles. The van der Waals surface area contributed by atoms with Crippen LogP contribution in [0.5, 0.6) is 0 Å². The van der Waals surface area contributed by atoms with Crippen LogP contribution in [0.4, 0.5) is 4.79 Å². The summed E-state index contributed by atoms with van der Waals surface area (Å²) >= 11 is 0. The van der Waals surface area contributed by atoms with Crippen LogP contribution in [-0.4, -0.2) is 52.8 Å². The molecule has 3 rings (SSSR count). The lowest BCUT2D eigenvalue weighted by molar-refractivity contribution is -0.146. The third kappa shape index (κ3) is 4.08. The summed E-state index contributed by atoms with van der Waals surface area (Å²) in [6, 6.07) is 9.15. The van der Waals surface area contributed by atoms with Crippen molar-refractivity contribution in [1.29, 1.82) is 0 Å². The van der Waals surface area contributed by atoms with Gasteiger partial charge in [-0.1, -0.05) is 30.3 Å². The smallest absolute Gasteiger partial charge is 0.326 e. The molecule has 26 heavy (non-hydrogen) atoms. The maximum absolute atomic E-state index is 11.8. The Morgan fingerprint density at radius 3 is 2.73 bits per heavy atom. The van der Waals surface area contributed by atoms with E-state index in [0.29, 0.717) is 18.1 Å². The second-order valence-electron chi connectivity index (χ2n) is 5.93. The Kier molecular flexibility index (Phi) is 5.31. The number of urea groups is 1. The standard InChI is InChI=1S/C18H19N3O5/c1-20-11-16(22)21(18(20)24)9-5-8-17(23)25-12-15-19-10-14(26-15)13-6-3-2-4-7-13/h2-4,6-7,10H,5,8-9,11-12H2,1H3. The number of hydrogen-bond donors (Lipinski definition) is 0. The van der Waals surface area contributed by atoms with Crippen molar-refractivity contribution in [3.63, 3.8) is 0 Å². The Hall–Kier alpha value is -3.16. The highest BCUT2D eigenvalue weighted by atomic mass is 16.5. The fraction of sp³-hybridized carbons (Fsp3) is 0.333. The van der Waals surface area contributed by atoms with Crippen molar-refractivity contribution in [2.75, 3.05) is 20.1 Å². The first kappa shape index (κ1) is 17.7. The van der Waals surface area contributed by atoms with E-state index in [-0.39, 0.29) is 38.1 Å². The Bertz CT molecular complexity index is 802. The minimum absolute atomic E-state index is 0.0595. The molecule has 0 radical (unpaired) electrons. The van der Waals surface area contributed by atoms with Gasteiger partial charge in [-0.05, 0) is 6.42 Å². The van der Waals surface area contributed by atoms with Gasteiger partial charge in [-0.25, -0.2) is 9.78 Å². The third-order valence-electron chi connectivity index (χ3n) is 3.96. The highest BCUT2D eigenvalue weighted by molar-refractivity contribution is 6.01. The monoisotopic (exact) mass is 357 g/mol. The molecule has 0 bridgehead atoms. The molecule has 8 heteroatoms. The van der Waals surface area contributed by atoms with Gasteiger partial charge < -0.3 is 14.1 Å². The zero-order valence-corrected chi connectivity index (χ0v) is 14.4. The molecule has 136 valence electrons. The van der Waals surface area contributed by atoms with Gasteiger partial charge in [0.15, 0.2) is 12.4 Å². The molecule has 0 saturated carbocycles. The Morgan fingerprint density at radius 1 is 1.27 bits per heavy atom. The number of esters is 1. The van der Waals surface area contributed by atoms with E-state index in [4.69, 9.17) is 9.15 Å². The SMILES string of the molecule is CN1CC(=O)N(CCCC(=O)OCc2ncc(-c3ccccc3)o2)C1=O. The van der Waals surface area contributed by atoms with Crippen molar-refractivity contribution in [1.82, 2.24) is 14.8 Å². The van der Waals surface area contributed by atoms with Gasteiger partial charge >= 0.3 is 12.0 Å². The Morgan fingerprint density at radius 2 is 2.04 bits per heavy atom. The van der Waals surface area contributed by atoms with Crippen LogP contribution < -0.4 is 0 Å². The molecule has 1 aromatic heterocycles. The van der Waals surface area contributed by atoms with Crippen molar-refractivity contribution >= 4 is 17.9 Å². The van der Waals surface area contributed by atoms with Crippen molar-refractivity contribution < 1.29 is 23.5 Å². The van der Waals surface area contributed by atoms with E-state index in [1.54, 1.807) is 13.2 Å². The van der Waals surface area contributed by atoms with Gasteiger partial charge in [0.25, 0.3) is 0 Å². The van der Waals surface area contributed by atoms with Gasteiger partial charge in [-0.15, -0.1) is 0 Å². The fourth-order valence-electron chi connectivity index (χ4n) is 2.60. The molecule has 2 heterocycles. The second kappa shape index (κ2) is 7.81. The molecule has 0 N–H and O–H groups in total. The number of ether oxygens (including phenoxy) is 1. The predicted octanol–water partition coefficient (Wildman–Crippen LogP) is 2.06. The highest BCUT2D eigenvalue weighted by Crippen LogP contribution is 2.20. The highest BCUT2D eigenvalue weighted by Gasteiger charge is 2.32. The van der Waals surface area contributed by atoms with Crippen LogP contribution in [-0.2, 0) is 20.9 Å². The van der Waals surface area contributed by atoms with E-state index < -0.39 is 5.97 Å². The number of hydrogen-bond acceptors (Lipinski definition) is 6. The first-order chi connectivity index (χ1) is 12.5. The number of nitrogens with zero attached hydrogens (tertiary/aromatic N) is 3. The van der Waals surface area contributed by atoms with E-state index in [0.717, 1.165) is 10.5 Å². The van der Waals surface area contributed by atoms with Crippen LogP contribution in [0.3, 0.4) is 0 Å². The van der Waals surface area contributed by atoms with Gasteiger partial charge in [0.05, 0.1) is 6.20 Å². The minimum Gasteiger partial charge on any atom is -0.456 e. The summed E-state index contributed by atoms with van der Waals surface area (Å²) in [5.74, 6) is 0.228. The molecule has 8 nitrogen and oxygen atoms in total. The minimum atomic E-state index is -0.433. The molecule has 2 aromatic rings. The number of rotatable bonds is 7. The number of carbonyl (C=O) groups excluding carboxylic acids is 3. The molecular formula is C18H19N3O5. The number of benzene rings is 1. The zero-order chi connectivity index (χ0) is 18.5. The number of oxazole rings is 1. The second-order valence-corrected chi connectivity index (χ2v) is 5.93. The number of aromatic nitrogens is 1. The topological polar surface area (TPSA) is 93.0 Å². The molecule has 0 atom stereocenters. The van der Waals surface area contributed by atoms with E-state index >= 15 is 0 Å². The van der Waals surface area contributed by atoms with Crippen LogP contribution >= 0.6 is 0 Å². The lowest BCUT2D eigenvalue weighted by Gasteiger charge is -2.13. The van der Waals surface area contributed by atoms with Gasteiger partial charge in [0.1, 0.15) is 6.54 Å². The van der Waals surface area contributed by atoms with Gasteiger partial charge in [0, 0.05) is 25.6 Å². The van der Waals surface area contributed by atoms with Crippen LogP contribution in [0.1, 0.15) is 18.7 Å². The molecule has 1 saturated heterocycles. The number of imide groups is 1. The van der Waals surface area contributed by atoms with Crippen LogP contribution in [0.2, 0.25) is 0 Å². The van der Waals surface area contributed by atoms with E-state index in [2.05, 4.69) is 4.98 Å². The van der Waals surface area contributed by atoms with E-state index in [1.165, 1.54) is 4.90 Å². The lowest BCUT2D eigenvalue weighted by Crippen LogP contribution is -2.32. The molecule has 1 aliphatic heterocycles. The van der Waals surface area contributed by atoms with Crippen LogP contribution in [0.15, 0.2) is 40.9 Å². The summed E-state index contributed by atoms with van der Waals surface area (Å²) in [6.07, 6.45) is 2.04. The van der Waals surface area contributed by atoms with E-state index in [1.807, 2.05) is 30.3 Å². The van der Waals surface area contributed by atoms with Crippen molar-refractivity contribution in [2.24, 2.45) is 0 Å². The average Bonchev–Trinajstić information content (AvgIpc) is 3.21. The van der Waals surface area contributed by atoms with Gasteiger partial charge in [-0.3, -0.25) is 14.5 Å². The van der Waals surface area contributed by atoms with Gasteiger partial charge in [-0.2, -0.15) is 0 Å². The van der Waals surface area contributed by atoms with Crippen molar-refractivity contribution in [3.05, 3.63) is 42.4 Å². The molecule has 1 fully saturated rings. The quantitative estimate of drug-likeness (QED) is 0.556. The first-order valence-corrected chi connectivity index (χ1v) is 8.26. The number of likely N-dealkylation sites (N-methyl/N-ethyl adjacent to an activating group) is 1. The summed E-state index contributed by atoms with van der Waals surface area (Å²) < 4.78 is 10.7. The van der Waals surface area contributed by atoms with Crippen molar-refractivity contribution in [2.45, 2.75) is 19.4 Å². The molecular weight excluding hydrogens is 338 g/mol. The summed E-state index contributed by atoms with van der Waals surface area (Å²) in [7, 11) is 1.56. The summed E-state index contributed by atoms with van der Waals surface area (Å²) in [6.45, 7) is 0.224. The van der Waals surface area contributed by atoms with Crippen LogP contribution in [0, 0.1) is 0 Å². The third-order valence-corrected chi connectivity index (χ3v) is 3.96. The summed E-state index contributed by atoms with van der Waals surface area (Å²) in [5.41, 5.74) is 0.891. The predicted molar refractivity (Wildman–Crippen MR) is 90.7 cm³/mol. The number of amides is 3. The molecule has 1 aliphatic rings. The Labute approximate surface area is 150 Å². The normalized spacial score (nSPS) is 14.2. The lowest BCUT2D eigenvalue weighted by atomic mass is 10.2.